The van der Waals surface area contributed by atoms with Gasteiger partial charge in [-0.05, 0) is 19.3 Å². The lowest BCUT2D eigenvalue weighted by Crippen LogP contribution is -2.79. The highest BCUT2D eigenvalue weighted by molar-refractivity contribution is 5.09. The summed E-state index contributed by atoms with van der Waals surface area (Å²) >= 11 is 0. The zero-order valence-electron chi connectivity index (χ0n) is 9.49. The third-order valence-electron chi connectivity index (χ3n) is 4.99. The minimum Gasteiger partial charge on any atom is -0.212 e. The van der Waals surface area contributed by atoms with Crippen LogP contribution < -0.4 is 0 Å². The Hall–Kier alpha value is -1.80. The van der Waals surface area contributed by atoms with Gasteiger partial charge < -0.3 is 0 Å². The zero-order chi connectivity index (χ0) is 12.4. The van der Waals surface area contributed by atoms with Crippen LogP contribution in [-0.2, 0) is 0 Å². The molecule has 9 nitrogen and oxygen atoms in total. The minimum atomic E-state index is -0.388. The standard InChI is InChI=1S/C9H12N6O3/c16-10-13-7-4-1-5-3-6(2-4)9(14(7)11-17)15(12-18)8(5)13/h4-9H,1-3H2. The van der Waals surface area contributed by atoms with Crippen LogP contribution in [0.2, 0.25) is 0 Å². The molecule has 5 rings (SSSR count). The lowest BCUT2D eigenvalue weighted by molar-refractivity contribution is -0.303. The summed E-state index contributed by atoms with van der Waals surface area (Å²) in [4.78, 5) is 33.2. The summed E-state index contributed by atoms with van der Waals surface area (Å²) in [6.45, 7) is 0. The van der Waals surface area contributed by atoms with Gasteiger partial charge in [-0.25, -0.2) is 15.0 Å². The Labute approximate surface area is 102 Å². The Kier molecular flexibility index (Phi) is 1.78. The van der Waals surface area contributed by atoms with Gasteiger partial charge in [0.25, 0.3) is 0 Å². The fraction of sp³-hybridized carbons (Fsp3) is 1.00. The molecule has 0 unspecified atom stereocenters. The molecule has 0 aromatic carbocycles. The van der Waals surface area contributed by atoms with E-state index in [-0.39, 0.29) is 36.3 Å². The molecule has 5 aliphatic rings. The lowest BCUT2D eigenvalue weighted by Gasteiger charge is -2.67. The van der Waals surface area contributed by atoms with Crippen LogP contribution in [0.3, 0.4) is 0 Å². The average molecular weight is 252 g/mol. The van der Waals surface area contributed by atoms with E-state index in [9.17, 15) is 14.7 Å². The maximum Gasteiger partial charge on any atom is 0.148 e. The summed E-state index contributed by atoms with van der Waals surface area (Å²) < 4.78 is 0. The quantitative estimate of drug-likeness (QED) is 0.694. The van der Waals surface area contributed by atoms with E-state index in [1.807, 2.05) is 0 Å². The molecule has 18 heavy (non-hydrogen) atoms. The van der Waals surface area contributed by atoms with Crippen molar-refractivity contribution in [1.29, 1.82) is 0 Å². The van der Waals surface area contributed by atoms with E-state index < -0.39 is 0 Å². The van der Waals surface area contributed by atoms with Gasteiger partial charge in [-0.3, -0.25) is 0 Å². The highest BCUT2D eigenvalue weighted by Crippen LogP contribution is 2.57. The SMILES string of the molecule is O=NN1C2C3CC4CC(C3)C(N2N=O)N(N=O)C41. The summed E-state index contributed by atoms with van der Waals surface area (Å²) in [7, 11) is 0. The number of hydrogen-bond donors (Lipinski definition) is 0. The van der Waals surface area contributed by atoms with Crippen LogP contribution >= 0.6 is 0 Å². The van der Waals surface area contributed by atoms with Gasteiger partial charge in [-0.2, -0.15) is 0 Å². The Morgan fingerprint density at radius 1 is 0.611 bits per heavy atom. The van der Waals surface area contributed by atoms with Gasteiger partial charge in [-0.1, -0.05) is 0 Å². The second-order valence-electron chi connectivity index (χ2n) is 5.61. The molecule has 0 amide bonds. The molecule has 4 heterocycles. The molecule has 1 saturated carbocycles. The normalized spacial score (nSPS) is 47.7. The fourth-order valence-corrected chi connectivity index (χ4v) is 4.60. The second kappa shape index (κ2) is 3.15. The third-order valence-corrected chi connectivity index (χ3v) is 4.99. The molecule has 96 valence electrons. The average Bonchev–Trinajstić information content (AvgIpc) is 2.40. The van der Waals surface area contributed by atoms with E-state index in [0.29, 0.717) is 0 Å². The number of nitroso groups, excluding NO2 is 3. The first-order valence-corrected chi connectivity index (χ1v) is 6.15. The monoisotopic (exact) mass is 252 g/mol. The van der Waals surface area contributed by atoms with Crippen molar-refractivity contribution in [3.05, 3.63) is 14.7 Å². The largest absolute Gasteiger partial charge is 0.212 e. The molecule has 5 fully saturated rings. The summed E-state index contributed by atoms with van der Waals surface area (Å²) in [5, 5.41) is 13.0. The summed E-state index contributed by atoms with van der Waals surface area (Å²) in [6.07, 6.45) is 1.55. The Bertz CT molecular complexity index is 353. The van der Waals surface area contributed by atoms with Gasteiger partial charge in [0, 0.05) is 17.8 Å². The van der Waals surface area contributed by atoms with E-state index in [4.69, 9.17) is 0 Å². The molecule has 6 bridgehead atoms. The van der Waals surface area contributed by atoms with Crippen molar-refractivity contribution in [1.82, 2.24) is 15.0 Å². The molecule has 0 aromatic rings. The number of piperidine rings is 3. The number of rotatable bonds is 3. The van der Waals surface area contributed by atoms with Crippen LogP contribution in [0.5, 0.6) is 0 Å². The van der Waals surface area contributed by atoms with Gasteiger partial charge in [0.05, 0.1) is 15.9 Å². The highest BCUT2D eigenvalue weighted by atomic mass is 16.3. The van der Waals surface area contributed by atoms with Crippen molar-refractivity contribution in [2.75, 3.05) is 0 Å². The predicted molar refractivity (Wildman–Crippen MR) is 58.6 cm³/mol. The molecular weight excluding hydrogens is 240 g/mol. The smallest absolute Gasteiger partial charge is 0.148 e. The molecule has 1 aliphatic carbocycles. The maximum absolute atomic E-state index is 11.1. The molecule has 0 spiro atoms. The van der Waals surface area contributed by atoms with E-state index >= 15 is 0 Å². The van der Waals surface area contributed by atoms with Crippen LogP contribution in [0.4, 0.5) is 0 Å². The first kappa shape index (κ1) is 10.2. The Morgan fingerprint density at radius 2 is 0.889 bits per heavy atom. The van der Waals surface area contributed by atoms with Crippen molar-refractivity contribution < 1.29 is 0 Å². The van der Waals surface area contributed by atoms with Crippen LogP contribution in [0.15, 0.2) is 15.9 Å². The van der Waals surface area contributed by atoms with Gasteiger partial charge in [0.2, 0.25) is 0 Å². The van der Waals surface area contributed by atoms with Gasteiger partial charge in [-0.15, -0.1) is 14.7 Å². The van der Waals surface area contributed by atoms with Gasteiger partial charge >= 0.3 is 0 Å². The predicted octanol–water partition coefficient (Wildman–Crippen LogP) is 0.988. The second-order valence-corrected chi connectivity index (χ2v) is 5.61. The highest BCUT2D eigenvalue weighted by Gasteiger charge is 2.66. The van der Waals surface area contributed by atoms with Crippen molar-refractivity contribution in [3.8, 4) is 0 Å². The number of nitrogens with zero attached hydrogens (tertiary/aromatic N) is 6. The van der Waals surface area contributed by atoms with Gasteiger partial charge in [0.1, 0.15) is 18.5 Å². The summed E-state index contributed by atoms with van der Waals surface area (Å²) in [6, 6.07) is 0. The van der Waals surface area contributed by atoms with E-state index in [1.165, 1.54) is 15.0 Å². The van der Waals surface area contributed by atoms with Crippen molar-refractivity contribution >= 4 is 0 Å². The van der Waals surface area contributed by atoms with Gasteiger partial charge in [0.15, 0.2) is 0 Å². The first-order chi connectivity index (χ1) is 8.80. The van der Waals surface area contributed by atoms with Crippen LogP contribution in [0.25, 0.3) is 0 Å². The van der Waals surface area contributed by atoms with Crippen molar-refractivity contribution in [2.45, 2.75) is 37.8 Å². The maximum atomic E-state index is 11.1. The molecule has 0 aromatic heterocycles. The molecule has 4 saturated heterocycles. The summed E-state index contributed by atoms with van der Waals surface area (Å²) in [5.74, 6) is 0.723. The van der Waals surface area contributed by atoms with Crippen LogP contribution in [-0.4, -0.2) is 33.5 Å². The fourth-order valence-electron chi connectivity index (χ4n) is 4.60. The van der Waals surface area contributed by atoms with Crippen molar-refractivity contribution in [2.24, 2.45) is 33.6 Å². The van der Waals surface area contributed by atoms with E-state index in [2.05, 4.69) is 15.9 Å². The Morgan fingerprint density at radius 3 is 1.11 bits per heavy atom. The van der Waals surface area contributed by atoms with Crippen LogP contribution in [0, 0.1) is 32.5 Å². The molecule has 4 aliphatic heterocycles. The molecular formula is C9H12N6O3. The number of hydrogen-bond acceptors (Lipinski definition) is 6. The Balaban J connectivity index is 1.88. The molecule has 9 heteroatoms. The topological polar surface area (TPSA) is 98.0 Å². The zero-order valence-corrected chi connectivity index (χ0v) is 9.49. The molecule has 0 N–H and O–H groups in total. The summed E-state index contributed by atoms with van der Waals surface area (Å²) in [5.41, 5.74) is 0. The van der Waals surface area contributed by atoms with E-state index in [0.717, 1.165) is 19.3 Å². The molecule has 0 atom stereocenters. The van der Waals surface area contributed by atoms with Crippen LogP contribution in [0.1, 0.15) is 19.3 Å². The van der Waals surface area contributed by atoms with E-state index in [1.54, 1.807) is 0 Å². The first-order valence-electron chi connectivity index (χ1n) is 6.15. The van der Waals surface area contributed by atoms with Crippen molar-refractivity contribution in [3.63, 3.8) is 0 Å². The lowest BCUT2D eigenvalue weighted by atomic mass is 9.63. The molecule has 0 radical (unpaired) electrons. The minimum absolute atomic E-state index is 0.241. The third kappa shape index (κ3) is 0.908.